The Kier molecular flexibility index (Phi) is 3.62. The predicted octanol–water partition coefficient (Wildman–Crippen LogP) is 8.39. The number of hydrogen-bond donors (Lipinski definition) is 1. The molecule has 2 heteroatoms. The molecule has 138 valence electrons. The molecule has 0 atom stereocenters. The van der Waals surface area contributed by atoms with Crippen molar-refractivity contribution in [2.45, 2.75) is 6.92 Å². The van der Waals surface area contributed by atoms with Gasteiger partial charge in [0, 0.05) is 36.5 Å². The number of allylic oxidation sites excluding steroid dienone is 1. The Bertz CT molecular complexity index is 1550. The number of benzene rings is 4. The van der Waals surface area contributed by atoms with E-state index in [9.17, 15) is 0 Å². The monoisotopic (exact) mass is 389 g/mol. The van der Waals surface area contributed by atoms with Crippen molar-refractivity contribution in [3.8, 4) is 11.1 Å². The van der Waals surface area contributed by atoms with Crippen molar-refractivity contribution in [3.05, 3.63) is 90.5 Å². The fourth-order valence-electron chi connectivity index (χ4n) is 4.40. The SMILES string of the molecule is C/C=C/c1cc2c3ccc(-c4ccccc4)cc3[nH]c2c2c1sc1ccccc12. The lowest BCUT2D eigenvalue weighted by Crippen LogP contribution is -1.77. The van der Waals surface area contributed by atoms with Gasteiger partial charge in [0.05, 0.1) is 5.52 Å². The Labute approximate surface area is 172 Å². The van der Waals surface area contributed by atoms with E-state index in [1.807, 2.05) is 11.3 Å². The van der Waals surface area contributed by atoms with Gasteiger partial charge in [0.1, 0.15) is 0 Å². The van der Waals surface area contributed by atoms with Crippen molar-refractivity contribution in [1.82, 2.24) is 4.98 Å². The lowest BCUT2D eigenvalue weighted by Gasteiger charge is -2.02. The van der Waals surface area contributed by atoms with Crippen molar-refractivity contribution in [1.29, 1.82) is 0 Å². The first kappa shape index (κ1) is 16.6. The van der Waals surface area contributed by atoms with Gasteiger partial charge in [-0.15, -0.1) is 11.3 Å². The second-order valence-corrected chi connectivity index (χ2v) is 8.49. The van der Waals surface area contributed by atoms with Crippen LogP contribution in [0, 0.1) is 0 Å². The number of thiophene rings is 1. The van der Waals surface area contributed by atoms with E-state index in [4.69, 9.17) is 0 Å². The molecule has 1 N–H and O–H groups in total. The number of aromatic nitrogens is 1. The Morgan fingerprint density at radius 2 is 1.59 bits per heavy atom. The molecule has 0 aliphatic heterocycles. The average Bonchev–Trinajstić information content (AvgIpc) is 3.33. The molecular formula is C27H19NS. The van der Waals surface area contributed by atoms with E-state index in [1.54, 1.807) is 0 Å². The van der Waals surface area contributed by atoms with Crippen LogP contribution in [0.25, 0.3) is 59.2 Å². The van der Waals surface area contributed by atoms with E-state index in [1.165, 1.54) is 58.7 Å². The molecule has 0 amide bonds. The summed E-state index contributed by atoms with van der Waals surface area (Å²) < 4.78 is 2.69. The standard InChI is InChI=1S/C27H19NS/c1-2-8-19-15-22-20-14-13-18(17-9-4-3-5-10-17)16-23(20)28-26(22)25-21-11-6-7-12-24(21)29-27(19)25/h2-16,28H,1H3/b8-2+. The third-order valence-corrected chi connectivity index (χ3v) is 6.92. The van der Waals surface area contributed by atoms with Gasteiger partial charge in [0.25, 0.3) is 0 Å². The molecule has 2 aromatic heterocycles. The average molecular weight is 390 g/mol. The molecular weight excluding hydrogens is 370 g/mol. The Morgan fingerprint density at radius 1 is 0.759 bits per heavy atom. The summed E-state index contributed by atoms with van der Waals surface area (Å²) in [4.78, 5) is 3.76. The maximum Gasteiger partial charge on any atom is 0.0559 e. The zero-order valence-electron chi connectivity index (χ0n) is 16.1. The van der Waals surface area contributed by atoms with Crippen LogP contribution in [0.4, 0.5) is 0 Å². The summed E-state index contributed by atoms with van der Waals surface area (Å²) >= 11 is 1.88. The molecule has 0 radical (unpaired) electrons. The first-order valence-electron chi connectivity index (χ1n) is 9.91. The molecule has 4 aromatic carbocycles. The molecule has 2 heterocycles. The van der Waals surface area contributed by atoms with Crippen LogP contribution in [0.1, 0.15) is 12.5 Å². The normalized spacial score (nSPS) is 12.2. The largest absolute Gasteiger partial charge is 0.354 e. The number of H-pyrrole nitrogens is 1. The van der Waals surface area contributed by atoms with E-state index < -0.39 is 0 Å². The highest BCUT2D eigenvalue weighted by Gasteiger charge is 2.15. The zero-order chi connectivity index (χ0) is 19.4. The first-order valence-corrected chi connectivity index (χ1v) is 10.7. The Hall–Kier alpha value is -3.36. The number of hydrogen-bond acceptors (Lipinski definition) is 1. The second-order valence-electron chi connectivity index (χ2n) is 7.44. The molecule has 6 rings (SSSR count). The molecule has 0 bridgehead atoms. The van der Waals surface area contributed by atoms with E-state index in [2.05, 4.69) is 103 Å². The summed E-state index contributed by atoms with van der Waals surface area (Å²) in [7, 11) is 0. The molecule has 0 aliphatic rings. The molecule has 0 fully saturated rings. The van der Waals surface area contributed by atoms with Crippen LogP contribution >= 0.6 is 11.3 Å². The molecule has 0 spiro atoms. The highest BCUT2D eigenvalue weighted by atomic mass is 32.1. The molecule has 0 aliphatic carbocycles. The van der Waals surface area contributed by atoms with Gasteiger partial charge in [0.2, 0.25) is 0 Å². The Balaban J connectivity index is 1.75. The van der Waals surface area contributed by atoms with Crippen LogP contribution in [0.5, 0.6) is 0 Å². The third kappa shape index (κ3) is 2.46. The van der Waals surface area contributed by atoms with Crippen LogP contribution in [0.15, 0.2) is 84.9 Å². The Morgan fingerprint density at radius 3 is 2.45 bits per heavy atom. The van der Waals surface area contributed by atoms with Crippen LogP contribution in [-0.4, -0.2) is 4.98 Å². The van der Waals surface area contributed by atoms with Gasteiger partial charge < -0.3 is 4.98 Å². The van der Waals surface area contributed by atoms with Gasteiger partial charge in [-0.25, -0.2) is 0 Å². The summed E-state index contributed by atoms with van der Waals surface area (Å²) in [6.07, 6.45) is 4.36. The van der Waals surface area contributed by atoms with Gasteiger partial charge in [-0.1, -0.05) is 72.8 Å². The van der Waals surface area contributed by atoms with E-state index in [-0.39, 0.29) is 0 Å². The molecule has 0 unspecified atom stereocenters. The molecule has 29 heavy (non-hydrogen) atoms. The highest BCUT2D eigenvalue weighted by molar-refractivity contribution is 7.26. The minimum absolute atomic E-state index is 1.19. The van der Waals surface area contributed by atoms with E-state index >= 15 is 0 Å². The number of fused-ring (bicyclic) bond motifs is 7. The first-order chi connectivity index (χ1) is 14.3. The number of nitrogens with one attached hydrogen (secondary N) is 1. The summed E-state index contributed by atoms with van der Waals surface area (Å²) in [6.45, 7) is 2.09. The van der Waals surface area contributed by atoms with Gasteiger partial charge in [-0.2, -0.15) is 0 Å². The van der Waals surface area contributed by atoms with Crippen LogP contribution in [-0.2, 0) is 0 Å². The lowest BCUT2D eigenvalue weighted by molar-refractivity contribution is 1.56. The lowest BCUT2D eigenvalue weighted by atomic mass is 10.0. The van der Waals surface area contributed by atoms with Crippen molar-refractivity contribution in [2.75, 3.05) is 0 Å². The molecule has 6 aromatic rings. The van der Waals surface area contributed by atoms with Gasteiger partial charge >= 0.3 is 0 Å². The maximum atomic E-state index is 3.76. The molecule has 1 nitrogen and oxygen atoms in total. The third-order valence-electron chi connectivity index (χ3n) is 5.70. The van der Waals surface area contributed by atoms with E-state index in [0.29, 0.717) is 0 Å². The summed E-state index contributed by atoms with van der Waals surface area (Å²) in [6, 6.07) is 28.4. The topological polar surface area (TPSA) is 15.8 Å². The van der Waals surface area contributed by atoms with Crippen molar-refractivity contribution in [2.24, 2.45) is 0 Å². The summed E-state index contributed by atoms with van der Waals surface area (Å²) in [5.74, 6) is 0. The minimum atomic E-state index is 1.19. The number of rotatable bonds is 2. The van der Waals surface area contributed by atoms with Gasteiger partial charge in [0.15, 0.2) is 0 Å². The van der Waals surface area contributed by atoms with Gasteiger partial charge in [-0.3, -0.25) is 0 Å². The maximum absolute atomic E-state index is 3.76. The minimum Gasteiger partial charge on any atom is -0.354 e. The fourth-order valence-corrected chi connectivity index (χ4v) is 5.60. The van der Waals surface area contributed by atoms with Crippen molar-refractivity contribution < 1.29 is 0 Å². The van der Waals surface area contributed by atoms with Crippen LogP contribution in [0.2, 0.25) is 0 Å². The van der Waals surface area contributed by atoms with Crippen LogP contribution < -0.4 is 0 Å². The highest BCUT2D eigenvalue weighted by Crippen LogP contribution is 2.43. The quantitative estimate of drug-likeness (QED) is 0.306. The van der Waals surface area contributed by atoms with Crippen molar-refractivity contribution in [3.63, 3.8) is 0 Å². The van der Waals surface area contributed by atoms with Gasteiger partial charge in [-0.05, 0) is 41.8 Å². The van der Waals surface area contributed by atoms with E-state index in [0.717, 1.165) is 0 Å². The predicted molar refractivity (Wildman–Crippen MR) is 129 cm³/mol. The smallest absolute Gasteiger partial charge is 0.0559 e. The van der Waals surface area contributed by atoms with Crippen molar-refractivity contribution >= 4 is 59.4 Å². The fraction of sp³-hybridized carbons (Fsp3) is 0.0370. The summed E-state index contributed by atoms with van der Waals surface area (Å²) in [5, 5.41) is 5.25. The van der Waals surface area contributed by atoms with Crippen LogP contribution in [0.3, 0.4) is 0 Å². The number of aromatic amines is 1. The zero-order valence-corrected chi connectivity index (χ0v) is 16.9. The second kappa shape index (κ2) is 6.33. The summed E-state index contributed by atoms with van der Waals surface area (Å²) in [5.41, 5.74) is 6.21. The molecule has 0 saturated carbocycles. The molecule has 0 saturated heterocycles.